The van der Waals surface area contributed by atoms with E-state index < -0.39 is 0 Å². The number of nitrogens with zero attached hydrogens (tertiary/aromatic N) is 1. The Morgan fingerprint density at radius 1 is 1.65 bits per heavy atom. The molecule has 2 rings (SSSR count). The van der Waals surface area contributed by atoms with Crippen LogP contribution >= 0.6 is 11.8 Å². The molecule has 0 spiro atoms. The van der Waals surface area contributed by atoms with Crippen LogP contribution in [0.2, 0.25) is 0 Å². The van der Waals surface area contributed by atoms with Crippen LogP contribution in [0.4, 0.5) is 5.69 Å². The molecule has 1 aliphatic rings. The molecule has 1 aliphatic heterocycles. The van der Waals surface area contributed by atoms with Gasteiger partial charge in [0.1, 0.15) is 0 Å². The van der Waals surface area contributed by atoms with Crippen molar-refractivity contribution < 1.29 is 4.79 Å². The quantitative estimate of drug-likeness (QED) is 0.835. The first-order valence-electron chi connectivity index (χ1n) is 5.57. The molecule has 1 amide bonds. The Kier molecular flexibility index (Phi) is 3.54. The van der Waals surface area contributed by atoms with E-state index in [1.807, 2.05) is 19.1 Å². The van der Waals surface area contributed by atoms with Crippen molar-refractivity contribution in [2.45, 2.75) is 17.9 Å². The molecule has 1 atom stereocenters. The van der Waals surface area contributed by atoms with Gasteiger partial charge in [-0.05, 0) is 24.6 Å². The third-order valence-corrected chi connectivity index (χ3v) is 3.79. The lowest BCUT2D eigenvalue weighted by atomic mass is 10.1. The molecule has 0 radical (unpaired) electrons. The molecule has 2 N–H and O–H groups in total. The Bertz CT molecular complexity index is 457. The summed E-state index contributed by atoms with van der Waals surface area (Å²) in [4.78, 5) is 14.7. The molecule has 0 bridgehead atoms. The highest BCUT2D eigenvalue weighted by atomic mass is 32.2. The van der Waals surface area contributed by atoms with Crippen LogP contribution in [-0.2, 0) is 4.79 Å². The number of carbonyl (C=O) groups is 1. The number of carbonyl (C=O) groups excluding carboxylic acids is 1. The van der Waals surface area contributed by atoms with Crippen molar-refractivity contribution in [1.29, 1.82) is 0 Å². The monoisotopic (exact) mass is 248 g/mol. The maximum atomic E-state index is 11.8. The number of anilines is 1. The average molecular weight is 248 g/mol. The van der Waals surface area contributed by atoms with E-state index in [-0.39, 0.29) is 11.9 Å². The maximum Gasteiger partial charge on any atom is 0.237 e. The number of thioether (sulfide) groups is 1. The standard InChI is InChI=1S/C13H16N2OS/c1-3-6-15-11-5-4-10(9(2)14)7-12(11)17-8-13(15)16/h3-5,7,9H,1,6,8,14H2,2H3. The smallest absolute Gasteiger partial charge is 0.237 e. The van der Waals surface area contributed by atoms with Crippen molar-refractivity contribution in [1.82, 2.24) is 0 Å². The molecule has 0 aromatic heterocycles. The van der Waals surface area contributed by atoms with Gasteiger partial charge in [-0.15, -0.1) is 18.3 Å². The Hall–Kier alpha value is -1.26. The molecule has 0 fully saturated rings. The maximum absolute atomic E-state index is 11.8. The first-order valence-corrected chi connectivity index (χ1v) is 6.55. The van der Waals surface area contributed by atoms with Gasteiger partial charge in [0.05, 0.1) is 11.4 Å². The Labute approximate surface area is 106 Å². The first kappa shape index (κ1) is 12.2. The minimum absolute atomic E-state index is 0.0198. The van der Waals surface area contributed by atoms with E-state index in [1.165, 1.54) is 0 Å². The minimum Gasteiger partial charge on any atom is -0.324 e. The molecular weight excluding hydrogens is 232 g/mol. The highest BCUT2D eigenvalue weighted by Crippen LogP contribution is 2.36. The molecule has 1 aromatic carbocycles. The molecular formula is C13H16N2OS. The van der Waals surface area contributed by atoms with Crippen LogP contribution in [0.5, 0.6) is 0 Å². The highest BCUT2D eigenvalue weighted by molar-refractivity contribution is 8.00. The van der Waals surface area contributed by atoms with E-state index in [0.717, 1.165) is 16.1 Å². The fourth-order valence-corrected chi connectivity index (χ4v) is 2.81. The van der Waals surface area contributed by atoms with Gasteiger partial charge < -0.3 is 10.6 Å². The molecule has 1 heterocycles. The summed E-state index contributed by atoms with van der Waals surface area (Å²) in [5.41, 5.74) is 7.93. The van der Waals surface area contributed by atoms with Crippen molar-refractivity contribution >= 4 is 23.4 Å². The lowest BCUT2D eigenvalue weighted by Gasteiger charge is -2.28. The fourth-order valence-electron chi connectivity index (χ4n) is 1.83. The average Bonchev–Trinajstić information content (AvgIpc) is 2.32. The van der Waals surface area contributed by atoms with Crippen LogP contribution in [-0.4, -0.2) is 18.2 Å². The zero-order valence-electron chi connectivity index (χ0n) is 9.85. The number of rotatable bonds is 3. The van der Waals surface area contributed by atoms with Gasteiger partial charge >= 0.3 is 0 Å². The molecule has 0 saturated carbocycles. The van der Waals surface area contributed by atoms with Gasteiger partial charge in [-0.2, -0.15) is 0 Å². The van der Waals surface area contributed by atoms with E-state index >= 15 is 0 Å². The van der Waals surface area contributed by atoms with Crippen molar-refractivity contribution in [2.24, 2.45) is 5.73 Å². The molecule has 17 heavy (non-hydrogen) atoms. The number of hydrogen-bond donors (Lipinski definition) is 1. The van der Waals surface area contributed by atoms with Crippen molar-refractivity contribution in [3.8, 4) is 0 Å². The molecule has 1 unspecified atom stereocenters. The predicted molar refractivity (Wildman–Crippen MR) is 72.3 cm³/mol. The van der Waals surface area contributed by atoms with Gasteiger partial charge in [-0.25, -0.2) is 0 Å². The van der Waals surface area contributed by atoms with E-state index in [4.69, 9.17) is 5.73 Å². The van der Waals surface area contributed by atoms with Gasteiger partial charge in [0, 0.05) is 17.5 Å². The van der Waals surface area contributed by atoms with Crippen LogP contribution in [0, 0.1) is 0 Å². The molecule has 4 heteroatoms. The van der Waals surface area contributed by atoms with Gasteiger partial charge in [-0.1, -0.05) is 12.1 Å². The number of benzene rings is 1. The van der Waals surface area contributed by atoms with Crippen molar-refractivity contribution in [2.75, 3.05) is 17.2 Å². The molecule has 0 aliphatic carbocycles. The fraction of sp³-hybridized carbons (Fsp3) is 0.308. The van der Waals surface area contributed by atoms with Crippen LogP contribution in [0.1, 0.15) is 18.5 Å². The number of fused-ring (bicyclic) bond motifs is 1. The minimum atomic E-state index is 0.0198. The second-order valence-electron chi connectivity index (χ2n) is 4.10. The van der Waals surface area contributed by atoms with E-state index in [0.29, 0.717) is 12.3 Å². The molecule has 3 nitrogen and oxygen atoms in total. The topological polar surface area (TPSA) is 46.3 Å². The molecule has 0 saturated heterocycles. The Morgan fingerprint density at radius 3 is 3.06 bits per heavy atom. The Morgan fingerprint density at radius 2 is 2.41 bits per heavy atom. The van der Waals surface area contributed by atoms with Gasteiger partial charge in [-0.3, -0.25) is 4.79 Å². The summed E-state index contributed by atoms with van der Waals surface area (Å²) < 4.78 is 0. The van der Waals surface area contributed by atoms with Crippen molar-refractivity contribution in [3.63, 3.8) is 0 Å². The normalized spacial score (nSPS) is 16.6. The predicted octanol–water partition coefficient (Wildman–Crippen LogP) is 2.33. The summed E-state index contributed by atoms with van der Waals surface area (Å²) in [6.45, 7) is 6.21. The van der Waals surface area contributed by atoms with Crippen molar-refractivity contribution in [3.05, 3.63) is 36.4 Å². The summed E-state index contributed by atoms with van der Waals surface area (Å²) in [6, 6.07) is 6.06. The second kappa shape index (κ2) is 4.94. The van der Waals surface area contributed by atoms with Crippen LogP contribution in [0.15, 0.2) is 35.7 Å². The zero-order chi connectivity index (χ0) is 12.4. The number of amides is 1. The van der Waals surface area contributed by atoms with Gasteiger partial charge in [0.15, 0.2) is 0 Å². The Balaban J connectivity index is 2.40. The zero-order valence-corrected chi connectivity index (χ0v) is 10.7. The summed E-state index contributed by atoms with van der Waals surface area (Å²) in [5.74, 6) is 0.624. The SMILES string of the molecule is C=CCN1C(=O)CSc2cc(C(C)N)ccc21. The first-order chi connectivity index (χ1) is 8.13. The second-order valence-corrected chi connectivity index (χ2v) is 5.11. The van der Waals surface area contributed by atoms with Gasteiger partial charge in [0.25, 0.3) is 0 Å². The summed E-state index contributed by atoms with van der Waals surface area (Å²) in [7, 11) is 0. The highest BCUT2D eigenvalue weighted by Gasteiger charge is 2.23. The molecule has 90 valence electrons. The lowest BCUT2D eigenvalue weighted by Crippen LogP contribution is -2.35. The summed E-state index contributed by atoms with van der Waals surface area (Å²) in [6.07, 6.45) is 1.75. The molecule has 1 aromatic rings. The number of hydrogen-bond acceptors (Lipinski definition) is 3. The third-order valence-electron chi connectivity index (χ3n) is 2.76. The van der Waals surface area contributed by atoms with E-state index in [9.17, 15) is 4.79 Å². The van der Waals surface area contributed by atoms with Crippen LogP contribution in [0.3, 0.4) is 0 Å². The van der Waals surface area contributed by atoms with Gasteiger partial charge in [0.2, 0.25) is 5.91 Å². The third kappa shape index (κ3) is 2.37. The van der Waals surface area contributed by atoms with E-state index in [1.54, 1.807) is 22.7 Å². The number of nitrogens with two attached hydrogens (primary N) is 1. The van der Waals surface area contributed by atoms with E-state index in [2.05, 4.69) is 12.6 Å². The van der Waals surface area contributed by atoms with Crippen LogP contribution < -0.4 is 10.6 Å². The lowest BCUT2D eigenvalue weighted by molar-refractivity contribution is -0.116. The summed E-state index contributed by atoms with van der Waals surface area (Å²) in [5, 5.41) is 0. The largest absolute Gasteiger partial charge is 0.324 e. The van der Waals surface area contributed by atoms with Crippen LogP contribution in [0.25, 0.3) is 0 Å². The summed E-state index contributed by atoms with van der Waals surface area (Å²) >= 11 is 1.58.